The van der Waals surface area contributed by atoms with Gasteiger partial charge in [-0.25, -0.2) is 19.7 Å². The largest absolute Gasteiger partial charge is 0.513 e. The van der Waals surface area contributed by atoms with E-state index in [1.54, 1.807) is 98.1 Å². The molecule has 0 radical (unpaired) electrons. The van der Waals surface area contributed by atoms with Gasteiger partial charge in [0, 0.05) is 17.7 Å². The maximum atomic E-state index is 11.9. The first kappa shape index (κ1) is 36.5. The van der Waals surface area contributed by atoms with Crippen molar-refractivity contribution in [3.63, 3.8) is 0 Å². The van der Waals surface area contributed by atoms with E-state index in [-0.39, 0.29) is 66.9 Å². The third-order valence-electron chi connectivity index (χ3n) is 7.51. The van der Waals surface area contributed by atoms with Crippen molar-refractivity contribution in [2.45, 2.75) is 0 Å². The molecule has 2 N–H and O–H groups in total. The number of hydrogen-bond donors (Lipinski definition) is 2. The molecule has 0 saturated carbocycles. The first-order valence-corrected chi connectivity index (χ1v) is 16.6. The molecule has 0 amide bonds. The minimum Gasteiger partial charge on any atom is -0.507 e. The Balaban J connectivity index is 1.14. The molecule has 0 bridgehead atoms. The van der Waals surface area contributed by atoms with Crippen LogP contribution in [0.5, 0.6) is 40.2 Å². The van der Waals surface area contributed by atoms with Gasteiger partial charge in [-0.1, -0.05) is 36.4 Å². The van der Waals surface area contributed by atoms with Gasteiger partial charge in [0.25, 0.3) is 5.95 Å². The van der Waals surface area contributed by atoms with Crippen LogP contribution in [0.15, 0.2) is 134 Å². The molecule has 0 aliphatic rings. The van der Waals surface area contributed by atoms with E-state index in [1.807, 2.05) is 18.2 Å². The Morgan fingerprint density at radius 1 is 0.556 bits per heavy atom. The van der Waals surface area contributed by atoms with Gasteiger partial charge in [-0.15, -0.1) is 0 Å². The summed E-state index contributed by atoms with van der Waals surface area (Å²) < 4.78 is 37.9. The predicted molar refractivity (Wildman–Crippen MR) is 198 cm³/mol. The van der Waals surface area contributed by atoms with Crippen LogP contribution in [0.1, 0.15) is 0 Å². The Bertz CT molecular complexity index is 2050. The lowest BCUT2D eigenvalue weighted by molar-refractivity contribution is 0.0840. The van der Waals surface area contributed by atoms with E-state index < -0.39 is 6.16 Å². The normalized spacial score (nSPS) is 10.5. The summed E-state index contributed by atoms with van der Waals surface area (Å²) in [6.45, 7) is 3.98. The number of nitrogens with zero attached hydrogens (tertiary/aromatic N) is 3. The van der Waals surface area contributed by atoms with Gasteiger partial charge >= 0.3 is 6.16 Å². The molecule has 54 heavy (non-hydrogen) atoms. The zero-order valence-electron chi connectivity index (χ0n) is 29.1. The fraction of sp³-hybridized carbons (Fsp3) is 0.122. The van der Waals surface area contributed by atoms with E-state index in [0.717, 1.165) is 0 Å². The number of phenols is 2. The number of hydrogen-bond acceptors (Lipinski definition) is 13. The summed E-state index contributed by atoms with van der Waals surface area (Å²) >= 11 is 0. The molecule has 1 heterocycles. The number of aromatic nitrogens is 3. The lowest BCUT2D eigenvalue weighted by Crippen LogP contribution is -2.15. The second-order valence-electron chi connectivity index (χ2n) is 11.2. The zero-order chi connectivity index (χ0) is 37.7. The summed E-state index contributed by atoms with van der Waals surface area (Å²) in [7, 11) is 1.57. The van der Waals surface area contributed by atoms with Crippen molar-refractivity contribution < 1.29 is 48.2 Å². The minimum atomic E-state index is -0.864. The van der Waals surface area contributed by atoms with Crippen molar-refractivity contribution >= 4 is 6.16 Å². The van der Waals surface area contributed by atoms with Crippen molar-refractivity contribution in [1.29, 1.82) is 0 Å². The van der Waals surface area contributed by atoms with Gasteiger partial charge in [0.15, 0.2) is 17.5 Å². The van der Waals surface area contributed by atoms with Crippen molar-refractivity contribution in [1.82, 2.24) is 15.0 Å². The second-order valence-corrected chi connectivity index (χ2v) is 11.2. The number of rotatable bonds is 16. The van der Waals surface area contributed by atoms with E-state index in [4.69, 9.17) is 33.2 Å². The number of para-hydroxylation sites is 2. The molecular formula is C41H35N3O10. The van der Waals surface area contributed by atoms with Gasteiger partial charge in [0.05, 0.1) is 18.2 Å². The molecule has 0 unspecified atom stereocenters. The standard InChI is InChI=1S/C41H35N3O10/c1-27(53-30-9-5-3-6-10-30)49-21-22-50-32-17-19-34(36(45)25-32)39-42-38(28-13-15-29(48-2)16-14-28)43-40(44-39)35-20-18-33(26-37(35)46)51-23-24-52-41(47)54-31-11-7-4-8-12-31/h3-20,25-26,45-46H,1,21-24H2,2H3. The monoisotopic (exact) mass is 729 g/mol. The average molecular weight is 730 g/mol. The third kappa shape index (κ3) is 9.94. The van der Waals surface area contributed by atoms with Crippen molar-refractivity contribution in [3.8, 4) is 74.4 Å². The molecule has 0 saturated heterocycles. The van der Waals surface area contributed by atoms with Gasteiger partial charge < -0.3 is 43.4 Å². The van der Waals surface area contributed by atoms with Crippen LogP contribution in [0.4, 0.5) is 4.79 Å². The van der Waals surface area contributed by atoms with Crippen LogP contribution < -0.4 is 23.7 Å². The molecule has 5 aromatic carbocycles. The van der Waals surface area contributed by atoms with E-state index in [2.05, 4.69) is 21.5 Å². The fourth-order valence-electron chi connectivity index (χ4n) is 4.93. The molecule has 274 valence electrons. The number of benzene rings is 5. The van der Waals surface area contributed by atoms with E-state index in [0.29, 0.717) is 39.9 Å². The van der Waals surface area contributed by atoms with Crippen LogP contribution in [-0.2, 0) is 9.47 Å². The summed E-state index contributed by atoms with van der Waals surface area (Å²) in [6, 6.07) is 34.1. The summed E-state index contributed by atoms with van der Waals surface area (Å²) in [5.74, 6) is 2.66. The second kappa shape index (κ2) is 17.8. The molecule has 0 atom stereocenters. The zero-order valence-corrected chi connectivity index (χ0v) is 29.1. The van der Waals surface area contributed by atoms with Crippen LogP contribution in [0, 0.1) is 0 Å². The number of carbonyl (C=O) groups is 1. The quantitative estimate of drug-likeness (QED) is 0.0430. The molecule has 0 spiro atoms. The van der Waals surface area contributed by atoms with E-state index >= 15 is 0 Å². The lowest BCUT2D eigenvalue weighted by Gasteiger charge is -2.13. The molecule has 6 aromatic rings. The smallest absolute Gasteiger partial charge is 0.507 e. The Labute approximate surface area is 310 Å². The fourth-order valence-corrected chi connectivity index (χ4v) is 4.93. The molecule has 13 nitrogen and oxygen atoms in total. The highest BCUT2D eigenvalue weighted by atomic mass is 16.7. The molecule has 0 aliphatic heterocycles. The highest BCUT2D eigenvalue weighted by molar-refractivity contribution is 5.73. The molecule has 0 fully saturated rings. The van der Waals surface area contributed by atoms with Crippen LogP contribution in [0.25, 0.3) is 34.2 Å². The van der Waals surface area contributed by atoms with Gasteiger partial charge in [-0.2, -0.15) is 0 Å². The third-order valence-corrected chi connectivity index (χ3v) is 7.51. The minimum absolute atomic E-state index is 0.00414. The van der Waals surface area contributed by atoms with Gasteiger partial charge in [0.2, 0.25) is 0 Å². The first-order chi connectivity index (χ1) is 26.3. The van der Waals surface area contributed by atoms with E-state index in [9.17, 15) is 15.0 Å². The van der Waals surface area contributed by atoms with E-state index in [1.165, 1.54) is 12.1 Å². The maximum Gasteiger partial charge on any atom is 0.513 e. The number of ether oxygens (including phenoxy) is 7. The highest BCUT2D eigenvalue weighted by Gasteiger charge is 2.18. The summed E-state index contributed by atoms with van der Waals surface area (Å²) in [5.41, 5.74) is 1.22. The van der Waals surface area contributed by atoms with Crippen molar-refractivity contribution in [3.05, 3.63) is 134 Å². The van der Waals surface area contributed by atoms with Crippen LogP contribution in [0.3, 0.4) is 0 Å². The average Bonchev–Trinajstić information content (AvgIpc) is 3.19. The number of carbonyl (C=O) groups excluding carboxylic acids is 1. The Hall–Kier alpha value is -7.28. The molecular weight excluding hydrogens is 694 g/mol. The van der Waals surface area contributed by atoms with Crippen molar-refractivity contribution in [2.24, 2.45) is 0 Å². The Kier molecular flexibility index (Phi) is 12.0. The van der Waals surface area contributed by atoms with Gasteiger partial charge in [-0.05, 0) is 79.4 Å². The molecule has 6 rings (SSSR count). The van der Waals surface area contributed by atoms with Crippen LogP contribution >= 0.6 is 0 Å². The summed E-state index contributed by atoms with van der Waals surface area (Å²) in [6.07, 6.45) is -0.864. The molecule has 0 aliphatic carbocycles. The van der Waals surface area contributed by atoms with Gasteiger partial charge in [0.1, 0.15) is 66.7 Å². The molecule has 13 heteroatoms. The maximum absolute atomic E-state index is 11.9. The first-order valence-electron chi connectivity index (χ1n) is 16.6. The lowest BCUT2D eigenvalue weighted by atomic mass is 10.1. The van der Waals surface area contributed by atoms with Gasteiger partial charge in [-0.3, -0.25) is 0 Å². The Morgan fingerprint density at radius 3 is 1.56 bits per heavy atom. The summed E-state index contributed by atoms with van der Waals surface area (Å²) in [4.78, 5) is 25.8. The number of phenolic OH excluding ortho intramolecular Hbond substituents is 2. The number of methoxy groups -OCH3 is 1. The topological polar surface area (TPSA) is 161 Å². The SMILES string of the molecule is C=C(OCCOc1ccc(-c2nc(-c3ccc(OC)cc3)nc(-c3ccc(OCCOC(=O)Oc4ccccc4)cc3O)n2)c(O)c1)Oc1ccccc1. The van der Waals surface area contributed by atoms with Crippen LogP contribution in [-0.4, -0.2) is 64.9 Å². The summed E-state index contributed by atoms with van der Waals surface area (Å²) in [5, 5.41) is 22.1. The predicted octanol–water partition coefficient (Wildman–Crippen LogP) is 7.83. The van der Waals surface area contributed by atoms with Crippen LogP contribution in [0.2, 0.25) is 0 Å². The van der Waals surface area contributed by atoms with Crippen molar-refractivity contribution in [2.75, 3.05) is 33.5 Å². The highest BCUT2D eigenvalue weighted by Crippen LogP contribution is 2.36. The molecule has 1 aromatic heterocycles. The Morgan fingerprint density at radius 2 is 1.04 bits per heavy atom. The number of aromatic hydroxyl groups is 2.